The van der Waals surface area contributed by atoms with Crippen LogP contribution in [-0.2, 0) is 25.4 Å². The molecule has 6 aromatic heterocycles. The smallest absolute Gasteiger partial charge is 0.416 e. The lowest BCUT2D eigenvalue weighted by Gasteiger charge is -2.16. The molecular weight excluding hydrogens is 843 g/mol. The number of hydrogen-bond acceptors (Lipinski definition) is 10. The molecule has 0 radical (unpaired) electrons. The van der Waals surface area contributed by atoms with E-state index < -0.39 is 35.3 Å². The molecule has 0 aliphatic carbocycles. The van der Waals surface area contributed by atoms with Crippen molar-refractivity contribution in [2.45, 2.75) is 64.0 Å². The van der Waals surface area contributed by atoms with Gasteiger partial charge in [0.2, 0.25) is 11.8 Å². The van der Waals surface area contributed by atoms with Gasteiger partial charge in [0.15, 0.2) is 11.6 Å². The second-order valence-electron chi connectivity index (χ2n) is 15.2. The highest BCUT2D eigenvalue weighted by Crippen LogP contribution is 2.43. The Kier molecular flexibility index (Phi) is 10.7. The molecule has 328 valence electrons. The molecule has 0 spiro atoms. The van der Waals surface area contributed by atoms with E-state index in [2.05, 4.69) is 40.1 Å². The predicted octanol–water partition coefficient (Wildman–Crippen LogP) is 8.79. The zero-order valence-corrected chi connectivity index (χ0v) is 34.7. The number of hydrogen-bond donors (Lipinski definition) is 0. The van der Waals surface area contributed by atoms with E-state index in [9.17, 15) is 26.3 Å². The lowest BCUT2D eigenvalue weighted by atomic mass is 9.92. The van der Waals surface area contributed by atoms with Crippen LogP contribution in [0.15, 0.2) is 97.8 Å². The summed E-state index contributed by atoms with van der Waals surface area (Å²) in [5.41, 5.74) is 3.25. The monoisotopic (exact) mass is 880 g/mol. The van der Waals surface area contributed by atoms with Crippen molar-refractivity contribution in [1.82, 2.24) is 58.6 Å². The number of imidazole rings is 2. The molecule has 64 heavy (non-hydrogen) atoms. The Morgan fingerprint density at radius 3 is 1.31 bits per heavy atom. The summed E-state index contributed by atoms with van der Waals surface area (Å²) >= 11 is 0. The van der Waals surface area contributed by atoms with E-state index in [1.54, 1.807) is 55.4 Å². The Hall–Kier alpha value is -7.38. The van der Waals surface area contributed by atoms with Crippen LogP contribution in [-0.4, -0.2) is 72.8 Å². The molecule has 2 atom stereocenters. The Morgan fingerprint density at radius 1 is 0.547 bits per heavy atom. The fourth-order valence-electron chi connectivity index (χ4n) is 8.15. The topological polar surface area (TPSA) is 141 Å². The van der Waals surface area contributed by atoms with E-state index in [4.69, 9.17) is 9.47 Å². The van der Waals surface area contributed by atoms with Gasteiger partial charge in [0.05, 0.1) is 49.4 Å². The molecule has 14 nitrogen and oxygen atoms in total. The zero-order valence-electron chi connectivity index (χ0n) is 34.7. The number of halogens is 6. The van der Waals surface area contributed by atoms with Crippen molar-refractivity contribution < 1.29 is 35.8 Å². The van der Waals surface area contributed by atoms with Crippen molar-refractivity contribution in [2.24, 2.45) is 0 Å². The van der Waals surface area contributed by atoms with Crippen LogP contribution in [0.4, 0.5) is 26.3 Å². The van der Waals surface area contributed by atoms with Gasteiger partial charge < -0.3 is 18.6 Å². The molecule has 10 rings (SSSR count). The van der Waals surface area contributed by atoms with Gasteiger partial charge in [-0.2, -0.15) is 26.3 Å². The standard InChI is InChI=1S/2C22H19F3N6O/c2*1-13-11-30(12-26-13)18-8-7-17(27-21(18)32-2)19-28-20-15(9-10-31(20)29-19)14-5-3-4-6-16(14)22(23,24)25/h2*3-8,11-12,15H,9-10H2,1-2H3/t2*15-/m10/s1. The highest BCUT2D eigenvalue weighted by atomic mass is 19.4. The third kappa shape index (κ3) is 7.94. The van der Waals surface area contributed by atoms with E-state index >= 15 is 0 Å². The summed E-state index contributed by atoms with van der Waals surface area (Å²) in [4.78, 5) is 26.6. The first kappa shape index (κ1) is 41.9. The van der Waals surface area contributed by atoms with Crippen molar-refractivity contribution in [1.29, 1.82) is 0 Å². The first-order valence-corrected chi connectivity index (χ1v) is 20.0. The fraction of sp³-hybridized carbons (Fsp3) is 0.273. The first-order chi connectivity index (χ1) is 30.7. The van der Waals surface area contributed by atoms with Gasteiger partial charge in [0.25, 0.3) is 0 Å². The molecule has 2 aliphatic rings. The first-order valence-electron chi connectivity index (χ1n) is 20.0. The number of aryl methyl sites for hydroxylation is 4. The molecule has 0 bridgehead atoms. The molecule has 0 saturated heterocycles. The predicted molar refractivity (Wildman–Crippen MR) is 219 cm³/mol. The number of alkyl halides is 6. The summed E-state index contributed by atoms with van der Waals surface area (Å²) in [5, 5.41) is 9.00. The van der Waals surface area contributed by atoms with E-state index in [-0.39, 0.29) is 11.1 Å². The Bertz CT molecular complexity index is 2790. The lowest BCUT2D eigenvalue weighted by molar-refractivity contribution is -0.139. The molecule has 0 amide bonds. The second-order valence-corrected chi connectivity index (χ2v) is 15.2. The van der Waals surface area contributed by atoms with Gasteiger partial charge >= 0.3 is 12.4 Å². The third-order valence-electron chi connectivity index (χ3n) is 11.1. The van der Waals surface area contributed by atoms with Crippen molar-refractivity contribution >= 4 is 0 Å². The van der Waals surface area contributed by atoms with Gasteiger partial charge in [-0.05, 0) is 74.2 Å². The minimum Gasteiger partial charge on any atom is -0.479 e. The fourth-order valence-corrected chi connectivity index (χ4v) is 8.15. The maximum Gasteiger partial charge on any atom is 0.416 e. The van der Waals surface area contributed by atoms with Crippen molar-refractivity contribution in [2.75, 3.05) is 14.2 Å². The molecule has 0 unspecified atom stereocenters. The van der Waals surface area contributed by atoms with Gasteiger partial charge in [-0.3, -0.25) is 0 Å². The SMILES string of the molecule is COc1nc(-c2nc3n(n2)CC[C@@H]3c2ccccc2C(F)(F)F)ccc1-n1cnc(C)c1.COc1nc(-c2nc3n(n2)CC[C@H]3c2ccccc2C(F)(F)F)ccc1-n1cnc(C)c1. The van der Waals surface area contributed by atoms with Crippen LogP contribution in [0.25, 0.3) is 34.4 Å². The van der Waals surface area contributed by atoms with E-state index in [0.29, 0.717) is 83.8 Å². The minimum atomic E-state index is -4.43. The van der Waals surface area contributed by atoms with Crippen LogP contribution < -0.4 is 9.47 Å². The average molecular weight is 881 g/mol. The maximum absolute atomic E-state index is 13.5. The number of fused-ring (bicyclic) bond motifs is 2. The summed E-state index contributed by atoms with van der Waals surface area (Å²) in [6.45, 7) is 4.74. The van der Waals surface area contributed by atoms with Crippen LogP contribution in [0.2, 0.25) is 0 Å². The van der Waals surface area contributed by atoms with Crippen LogP contribution in [0, 0.1) is 13.8 Å². The summed E-state index contributed by atoms with van der Waals surface area (Å²) in [6, 6.07) is 18.5. The van der Waals surface area contributed by atoms with Crippen LogP contribution in [0.3, 0.4) is 0 Å². The highest BCUT2D eigenvalue weighted by Gasteiger charge is 2.40. The average Bonchev–Trinajstić information content (AvgIpc) is 4.15. The van der Waals surface area contributed by atoms with Crippen LogP contribution >= 0.6 is 0 Å². The third-order valence-corrected chi connectivity index (χ3v) is 11.1. The Balaban J connectivity index is 0.000000162. The highest BCUT2D eigenvalue weighted by molar-refractivity contribution is 5.57. The van der Waals surface area contributed by atoms with Gasteiger partial charge in [0.1, 0.15) is 34.4 Å². The molecule has 2 aromatic carbocycles. The largest absolute Gasteiger partial charge is 0.479 e. The van der Waals surface area contributed by atoms with Crippen LogP contribution in [0.1, 0.15) is 70.0 Å². The van der Waals surface area contributed by atoms with Gasteiger partial charge in [-0.25, -0.2) is 39.3 Å². The number of pyridine rings is 2. The Labute approximate surface area is 361 Å². The quantitative estimate of drug-likeness (QED) is 0.136. The molecule has 0 fully saturated rings. The van der Waals surface area contributed by atoms with Gasteiger partial charge in [0, 0.05) is 37.3 Å². The zero-order chi connectivity index (χ0) is 44.9. The lowest BCUT2D eigenvalue weighted by Crippen LogP contribution is -2.12. The van der Waals surface area contributed by atoms with Crippen molar-refractivity contribution in [3.8, 4) is 46.2 Å². The molecule has 20 heteroatoms. The van der Waals surface area contributed by atoms with Crippen molar-refractivity contribution in [3.05, 3.63) is 143 Å². The molecule has 8 heterocycles. The maximum atomic E-state index is 13.5. The number of ether oxygens (including phenoxy) is 2. The number of aromatic nitrogens is 12. The van der Waals surface area contributed by atoms with Gasteiger partial charge in [-0.15, -0.1) is 10.2 Å². The Morgan fingerprint density at radius 2 is 0.953 bits per heavy atom. The van der Waals surface area contributed by atoms with Crippen molar-refractivity contribution in [3.63, 3.8) is 0 Å². The second kappa shape index (κ2) is 16.4. The molecule has 0 N–H and O–H groups in total. The number of rotatable bonds is 8. The van der Waals surface area contributed by atoms with Gasteiger partial charge in [-0.1, -0.05) is 36.4 Å². The number of benzene rings is 2. The van der Waals surface area contributed by atoms with E-state index in [1.807, 2.05) is 38.4 Å². The number of methoxy groups -OCH3 is 2. The summed E-state index contributed by atoms with van der Waals surface area (Å²) in [5.74, 6) is 1.48. The van der Waals surface area contributed by atoms with E-state index in [0.717, 1.165) is 23.5 Å². The molecular formula is C44H38F6N12O2. The normalized spacial score (nSPS) is 15.7. The van der Waals surface area contributed by atoms with E-state index in [1.165, 1.54) is 38.5 Å². The molecule has 8 aromatic rings. The summed E-state index contributed by atoms with van der Waals surface area (Å²) in [7, 11) is 3.04. The molecule has 2 aliphatic heterocycles. The minimum absolute atomic E-state index is 0.217. The molecule has 0 saturated carbocycles. The summed E-state index contributed by atoms with van der Waals surface area (Å²) in [6.07, 6.45) is -0.790. The number of nitrogens with zero attached hydrogens (tertiary/aromatic N) is 12. The summed E-state index contributed by atoms with van der Waals surface area (Å²) < 4.78 is 99.0. The van der Waals surface area contributed by atoms with Crippen LogP contribution in [0.5, 0.6) is 11.8 Å².